The number of carbonyl (C=O) groups is 1. The standard InChI is InChI=1S/C20H23N5O3/c1-13(2)14-5-7-15(8-6-14)20-22-24-25(23-20)12-19(26)21-17-10-9-16(27-3)11-18(17)28-4/h5-11,13H,12H2,1-4H3,(H,21,26). The van der Waals surface area contributed by atoms with Gasteiger partial charge in [-0.2, -0.15) is 4.80 Å². The lowest BCUT2D eigenvalue weighted by Crippen LogP contribution is -2.20. The van der Waals surface area contributed by atoms with Gasteiger partial charge in [-0.1, -0.05) is 38.1 Å². The van der Waals surface area contributed by atoms with Crippen LogP contribution in [0.25, 0.3) is 11.4 Å². The molecule has 1 N–H and O–H groups in total. The van der Waals surface area contributed by atoms with Crippen LogP contribution in [-0.2, 0) is 11.3 Å². The molecule has 0 fully saturated rings. The topological polar surface area (TPSA) is 91.2 Å². The molecule has 3 rings (SSSR count). The number of hydrogen-bond donors (Lipinski definition) is 1. The number of methoxy groups -OCH3 is 2. The number of aromatic nitrogens is 4. The lowest BCUT2D eigenvalue weighted by molar-refractivity contribution is -0.117. The zero-order valence-corrected chi connectivity index (χ0v) is 16.3. The largest absolute Gasteiger partial charge is 0.497 e. The van der Waals surface area contributed by atoms with Crippen LogP contribution in [0.2, 0.25) is 0 Å². The smallest absolute Gasteiger partial charge is 0.248 e. The van der Waals surface area contributed by atoms with Crippen molar-refractivity contribution < 1.29 is 14.3 Å². The first-order valence-electron chi connectivity index (χ1n) is 8.90. The fraction of sp³-hybridized carbons (Fsp3) is 0.300. The van der Waals surface area contributed by atoms with Crippen LogP contribution in [0, 0.1) is 0 Å². The van der Waals surface area contributed by atoms with E-state index in [4.69, 9.17) is 9.47 Å². The van der Waals surface area contributed by atoms with Crippen LogP contribution in [0.4, 0.5) is 5.69 Å². The molecular formula is C20H23N5O3. The highest BCUT2D eigenvalue weighted by molar-refractivity contribution is 5.92. The van der Waals surface area contributed by atoms with E-state index >= 15 is 0 Å². The van der Waals surface area contributed by atoms with Crippen molar-refractivity contribution in [3.63, 3.8) is 0 Å². The fourth-order valence-electron chi connectivity index (χ4n) is 2.66. The summed E-state index contributed by atoms with van der Waals surface area (Å²) < 4.78 is 10.4. The van der Waals surface area contributed by atoms with Gasteiger partial charge in [0.2, 0.25) is 11.7 Å². The number of anilines is 1. The first-order chi connectivity index (χ1) is 13.5. The molecule has 0 aliphatic carbocycles. The summed E-state index contributed by atoms with van der Waals surface area (Å²) in [5.74, 6) is 1.79. The summed E-state index contributed by atoms with van der Waals surface area (Å²) >= 11 is 0. The fourth-order valence-corrected chi connectivity index (χ4v) is 2.66. The number of ether oxygens (including phenoxy) is 2. The second kappa shape index (κ2) is 8.51. The zero-order valence-electron chi connectivity index (χ0n) is 16.3. The minimum Gasteiger partial charge on any atom is -0.497 e. The SMILES string of the molecule is COc1ccc(NC(=O)Cn2nnc(-c3ccc(C(C)C)cc3)n2)c(OC)c1. The van der Waals surface area contributed by atoms with Gasteiger partial charge >= 0.3 is 0 Å². The van der Waals surface area contributed by atoms with Gasteiger partial charge < -0.3 is 14.8 Å². The first kappa shape index (κ1) is 19.3. The van der Waals surface area contributed by atoms with Gasteiger partial charge in [0.25, 0.3) is 0 Å². The monoisotopic (exact) mass is 381 g/mol. The van der Waals surface area contributed by atoms with Gasteiger partial charge in [-0.25, -0.2) is 0 Å². The summed E-state index contributed by atoms with van der Waals surface area (Å²) in [7, 11) is 3.09. The normalized spacial score (nSPS) is 10.8. The predicted molar refractivity (Wildman–Crippen MR) is 106 cm³/mol. The van der Waals surface area contributed by atoms with Gasteiger partial charge in [0.15, 0.2) is 0 Å². The Morgan fingerprint density at radius 3 is 2.50 bits per heavy atom. The van der Waals surface area contributed by atoms with Gasteiger partial charge in [-0.3, -0.25) is 4.79 Å². The molecule has 1 heterocycles. The second-order valence-corrected chi connectivity index (χ2v) is 6.53. The summed E-state index contributed by atoms with van der Waals surface area (Å²) in [6, 6.07) is 13.2. The van der Waals surface area contributed by atoms with Crippen LogP contribution in [0.15, 0.2) is 42.5 Å². The molecule has 0 aliphatic rings. The minimum atomic E-state index is -0.289. The van der Waals surface area contributed by atoms with E-state index in [9.17, 15) is 4.79 Å². The number of tetrazole rings is 1. The van der Waals surface area contributed by atoms with Crippen molar-refractivity contribution in [1.29, 1.82) is 0 Å². The number of nitrogens with one attached hydrogen (secondary N) is 1. The quantitative estimate of drug-likeness (QED) is 0.676. The van der Waals surface area contributed by atoms with Gasteiger partial charge in [0, 0.05) is 11.6 Å². The first-order valence-corrected chi connectivity index (χ1v) is 8.90. The van der Waals surface area contributed by atoms with Crippen LogP contribution >= 0.6 is 0 Å². The third-order valence-corrected chi connectivity index (χ3v) is 4.26. The maximum atomic E-state index is 12.3. The summed E-state index contributed by atoms with van der Waals surface area (Å²) in [6.45, 7) is 4.21. The molecule has 28 heavy (non-hydrogen) atoms. The molecule has 1 amide bonds. The van der Waals surface area contributed by atoms with E-state index in [0.717, 1.165) is 5.56 Å². The van der Waals surface area contributed by atoms with Crippen LogP contribution in [0.5, 0.6) is 11.5 Å². The summed E-state index contributed by atoms with van der Waals surface area (Å²) in [4.78, 5) is 13.6. The molecule has 0 bridgehead atoms. The maximum Gasteiger partial charge on any atom is 0.248 e. The lowest BCUT2D eigenvalue weighted by atomic mass is 10.0. The van der Waals surface area contributed by atoms with Gasteiger partial charge in [0.05, 0.1) is 19.9 Å². The lowest BCUT2D eigenvalue weighted by Gasteiger charge is -2.11. The van der Waals surface area contributed by atoms with Crippen molar-refractivity contribution in [2.45, 2.75) is 26.3 Å². The van der Waals surface area contributed by atoms with Crippen molar-refractivity contribution >= 4 is 11.6 Å². The molecule has 2 aromatic carbocycles. The van der Waals surface area contributed by atoms with Crippen molar-refractivity contribution in [2.24, 2.45) is 0 Å². The molecule has 8 nitrogen and oxygen atoms in total. The Balaban J connectivity index is 1.67. The average Bonchev–Trinajstić information content (AvgIpc) is 3.16. The summed E-state index contributed by atoms with van der Waals surface area (Å²) in [5, 5.41) is 15.1. The molecule has 0 saturated carbocycles. The van der Waals surface area contributed by atoms with Crippen LogP contribution < -0.4 is 14.8 Å². The maximum absolute atomic E-state index is 12.3. The van der Waals surface area contributed by atoms with E-state index in [2.05, 4.69) is 34.6 Å². The van der Waals surface area contributed by atoms with Gasteiger partial charge in [0.1, 0.15) is 18.0 Å². The zero-order chi connectivity index (χ0) is 20.1. The van der Waals surface area contributed by atoms with Gasteiger partial charge in [-0.15, -0.1) is 10.2 Å². The molecule has 3 aromatic rings. The molecule has 0 unspecified atom stereocenters. The highest BCUT2D eigenvalue weighted by Gasteiger charge is 2.12. The van der Waals surface area contributed by atoms with Crippen LogP contribution in [0.1, 0.15) is 25.3 Å². The Kier molecular flexibility index (Phi) is 5.88. The number of hydrogen-bond acceptors (Lipinski definition) is 6. The molecule has 8 heteroatoms. The van der Waals surface area contributed by atoms with Crippen molar-refractivity contribution in [2.75, 3.05) is 19.5 Å². The molecule has 1 aromatic heterocycles. The number of rotatable bonds is 7. The molecule has 0 radical (unpaired) electrons. The molecule has 0 aliphatic heterocycles. The van der Waals surface area contributed by atoms with E-state index in [0.29, 0.717) is 28.9 Å². The van der Waals surface area contributed by atoms with Crippen molar-refractivity contribution in [3.05, 3.63) is 48.0 Å². The van der Waals surface area contributed by atoms with Crippen LogP contribution in [-0.4, -0.2) is 40.3 Å². The third kappa shape index (κ3) is 4.46. The average molecular weight is 381 g/mol. The highest BCUT2D eigenvalue weighted by Crippen LogP contribution is 2.29. The Morgan fingerprint density at radius 2 is 1.86 bits per heavy atom. The summed E-state index contributed by atoms with van der Waals surface area (Å²) in [5.41, 5.74) is 2.63. The number of amides is 1. The molecule has 0 saturated heterocycles. The Morgan fingerprint density at radius 1 is 1.11 bits per heavy atom. The van der Waals surface area contributed by atoms with E-state index in [1.54, 1.807) is 25.3 Å². The Labute approximate surface area is 163 Å². The molecule has 146 valence electrons. The van der Waals surface area contributed by atoms with Crippen molar-refractivity contribution in [1.82, 2.24) is 20.2 Å². The van der Waals surface area contributed by atoms with E-state index in [-0.39, 0.29) is 12.5 Å². The number of benzene rings is 2. The molecular weight excluding hydrogens is 358 g/mol. The molecule has 0 spiro atoms. The Hall–Kier alpha value is -3.42. The molecule has 0 atom stereocenters. The van der Waals surface area contributed by atoms with Crippen molar-refractivity contribution in [3.8, 4) is 22.9 Å². The van der Waals surface area contributed by atoms with E-state index in [1.807, 2.05) is 24.3 Å². The highest BCUT2D eigenvalue weighted by atomic mass is 16.5. The second-order valence-electron chi connectivity index (χ2n) is 6.53. The minimum absolute atomic E-state index is 0.0632. The number of carbonyl (C=O) groups excluding carboxylic acids is 1. The van der Waals surface area contributed by atoms with Gasteiger partial charge in [-0.05, 0) is 28.8 Å². The van der Waals surface area contributed by atoms with E-state index < -0.39 is 0 Å². The van der Waals surface area contributed by atoms with Crippen LogP contribution in [0.3, 0.4) is 0 Å². The predicted octanol–water partition coefficient (Wildman–Crippen LogP) is 3.12. The summed E-state index contributed by atoms with van der Waals surface area (Å²) in [6.07, 6.45) is 0. The third-order valence-electron chi connectivity index (χ3n) is 4.26. The van der Waals surface area contributed by atoms with E-state index in [1.165, 1.54) is 17.5 Å². The number of nitrogens with zero attached hydrogens (tertiary/aromatic N) is 4. The Bertz CT molecular complexity index is 951.